The molecule has 4 rings (SSSR count). The van der Waals surface area contributed by atoms with Gasteiger partial charge in [0.05, 0.1) is 33.0 Å². The summed E-state index contributed by atoms with van der Waals surface area (Å²) in [5.74, 6) is 1.97. The van der Waals surface area contributed by atoms with E-state index in [-0.39, 0.29) is 5.54 Å². The largest absolute Gasteiger partial charge is 0.490 e. The van der Waals surface area contributed by atoms with Crippen molar-refractivity contribution in [2.24, 2.45) is 10.7 Å². The molecule has 3 aliphatic rings. The summed E-state index contributed by atoms with van der Waals surface area (Å²) >= 11 is 0. The van der Waals surface area contributed by atoms with Crippen LogP contribution in [-0.4, -0.2) is 62.5 Å². The Hall–Kier alpha value is -1.99. The fourth-order valence-corrected chi connectivity index (χ4v) is 3.42. The number of hydrogen-bond acceptors (Lipinski definition) is 5. The number of nitrogens with two attached hydrogens (primary N) is 1. The lowest BCUT2D eigenvalue weighted by molar-refractivity contribution is 0.0117. The van der Waals surface area contributed by atoms with Gasteiger partial charge in [0.25, 0.3) is 0 Å². The quantitative estimate of drug-likeness (QED) is 0.634. The van der Waals surface area contributed by atoms with Crippen molar-refractivity contribution in [1.82, 2.24) is 4.90 Å². The lowest BCUT2D eigenvalue weighted by atomic mass is 10.2. The van der Waals surface area contributed by atoms with Crippen molar-refractivity contribution in [1.29, 1.82) is 0 Å². The van der Waals surface area contributed by atoms with Gasteiger partial charge in [-0.05, 0) is 25.0 Å². The summed E-state index contributed by atoms with van der Waals surface area (Å²) in [7, 11) is 0. The molecule has 1 saturated carbocycles. The minimum Gasteiger partial charge on any atom is -0.490 e. The maximum Gasteiger partial charge on any atom is 0.193 e. The normalized spacial score (nSPS) is 23.0. The van der Waals surface area contributed by atoms with Crippen LogP contribution >= 0.6 is 0 Å². The van der Waals surface area contributed by atoms with E-state index in [0.29, 0.717) is 19.2 Å². The van der Waals surface area contributed by atoms with Crippen molar-refractivity contribution in [2.75, 3.05) is 51.4 Å². The monoisotopic (exact) mass is 346 g/mol. The first-order chi connectivity index (χ1) is 12.3. The molecule has 2 fully saturated rings. The van der Waals surface area contributed by atoms with E-state index < -0.39 is 0 Å². The van der Waals surface area contributed by atoms with Gasteiger partial charge in [-0.3, -0.25) is 9.89 Å². The van der Waals surface area contributed by atoms with Gasteiger partial charge in [-0.25, -0.2) is 0 Å². The smallest absolute Gasteiger partial charge is 0.193 e. The topological polar surface area (TPSA) is 81.3 Å². The van der Waals surface area contributed by atoms with E-state index in [9.17, 15) is 0 Å². The third kappa shape index (κ3) is 3.82. The number of nitrogens with one attached hydrogen (secondary N) is 1. The zero-order valence-corrected chi connectivity index (χ0v) is 14.5. The summed E-state index contributed by atoms with van der Waals surface area (Å²) in [6, 6.07) is 5.76. The van der Waals surface area contributed by atoms with Crippen molar-refractivity contribution in [2.45, 2.75) is 24.8 Å². The van der Waals surface area contributed by atoms with Gasteiger partial charge in [0, 0.05) is 36.8 Å². The molecule has 0 radical (unpaired) electrons. The van der Waals surface area contributed by atoms with Crippen LogP contribution in [0.25, 0.3) is 0 Å². The molecule has 1 aromatic rings. The Kier molecular flexibility index (Phi) is 4.67. The van der Waals surface area contributed by atoms with E-state index in [1.54, 1.807) is 0 Å². The third-order valence-corrected chi connectivity index (χ3v) is 5.07. The molecule has 1 aromatic carbocycles. The van der Waals surface area contributed by atoms with Crippen molar-refractivity contribution >= 4 is 11.6 Å². The molecule has 1 saturated heterocycles. The number of benzene rings is 1. The highest BCUT2D eigenvalue weighted by Gasteiger charge is 2.48. The van der Waals surface area contributed by atoms with E-state index >= 15 is 0 Å². The molecular weight excluding hydrogens is 320 g/mol. The fourth-order valence-electron chi connectivity index (χ4n) is 3.42. The highest BCUT2D eigenvalue weighted by atomic mass is 16.5. The minimum absolute atomic E-state index is 0.195. The van der Waals surface area contributed by atoms with E-state index in [0.717, 1.165) is 56.5 Å². The van der Waals surface area contributed by atoms with Gasteiger partial charge in [-0.2, -0.15) is 0 Å². The van der Waals surface area contributed by atoms with Crippen molar-refractivity contribution in [3.63, 3.8) is 0 Å². The molecule has 0 atom stereocenters. The van der Waals surface area contributed by atoms with Gasteiger partial charge >= 0.3 is 0 Å². The summed E-state index contributed by atoms with van der Waals surface area (Å²) in [6.07, 6.45) is 3.27. The number of anilines is 1. The average Bonchev–Trinajstić information content (AvgIpc) is 3.45. The molecule has 0 unspecified atom stereocenters. The zero-order chi connectivity index (χ0) is 17.1. The zero-order valence-electron chi connectivity index (χ0n) is 14.5. The molecule has 0 aromatic heterocycles. The van der Waals surface area contributed by atoms with Crippen LogP contribution in [-0.2, 0) is 4.74 Å². The molecule has 2 aliphatic heterocycles. The van der Waals surface area contributed by atoms with Crippen LogP contribution in [0.4, 0.5) is 5.69 Å². The van der Waals surface area contributed by atoms with Gasteiger partial charge in [0.1, 0.15) is 0 Å². The summed E-state index contributed by atoms with van der Waals surface area (Å²) < 4.78 is 16.8. The summed E-state index contributed by atoms with van der Waals surface area (Å²) in [4.78, 5) is 7.09. The molecule has 7 heteroatoms. The van der Waals surface area contributed by atoms with Crippen LogP contribution < -0.4 is 20.5 Å². The predicted molar refractivity (Wildman–Crippen MR) is 96.5 cm³/mol. The molecule has 2 heterocycles. The Balaban J connectivity index is 1.37. The Labute approximate surface area is 148 Å². The van der Waals surface area contributed by atoms with Crippen LogP contribution in [0, 0.1) is 0 Å². The first-order valence-corrected chi connectivity index (χ1v) is 9.05. The van der Waals surface area contributed by atoms with Crippen LogP contribution in [0.2, 0.25) is 0 Å². The standard InChI is InChI=1S/C18H26N4O3/c19-17(20-13-18(4-5-18)22-6-10-23-11-7-22)21-14-2-3-15-16(12-14)25-9-1-8-24-15/h2-3,12H,1,4-11,13H2,(H3,19,20,21). The van der Waals surface area contributed by atoms with Gasteiger partial charge in [0.15, 0.2) is 17.5 Å². The Bertz CT molecular complexity index is 639. The van der Waals surface area contributed by atoms with Crippen molar-refractivity contribution in [3.05, 3.63) is 18.2 Å². The number of guanidine groups is 1. The summed E-state index contributed by atoms with van der Waals surface area (Å²) in [6.45, 7) is 5.70. The maximum atomic E-state index is 6.10. The first-order valence-electron chi connectivity index (χ1n) is 9.05. The van der Waals surface area contributed by atoms with Gasteiger partial charge in [0.2, 0.25) is 0 Å². The number of morpholine rings is 1. The molecule has 7 nitrogen and oxygen atoms in total. The predicted octanol–water partition coefficient (Wildman–Crippen LogP) is 1.44. The molecule has 0 amide bonds. The molecule has 136 valence electrons. The molecular formula is C18H26N4O3. The summed E-state index contributed by atoms with van der Waals surface area (Å²) in [5.41, 5.74) is 7.16. The minimum atomic E-state index is 0.195. The van der Waals surface area contributed by atoms with Crippen LogP contribution in [0.15, 0.2) is 23.2 Å². The van der Waals surface area contributed by atoms with Crippen molar-refractivity contribution < 1.29 is 14.2 Å². The number of hydrogen-bond donors (Lipinski definition) is 2. The Morgan fingerprint density at radius 3 is 2.64 bits per heavy atom. The first kappa shape index (κ1) is 16.5. The fraction of sp³-hybridized carbons (Fsp3) is 0.611. The lowest BCUT2D eigenvalue weighted by Crippen LogP contribution is -2.47. The van der Waals surface area contributed by atoms with E-state index in [1.807, 2.05) is 18.2 Å². The number of ether oxygens (including phenoxy) is 3. The van der Waals surface area contributed by atoms with Crippen molar-refractivity contribution in [3.8, 4) is 11.5 Å². The molecule has 0 bridgehead atoms. The average molecular weight is 346 g/mol. The highest BCUT2D eigenvalue weighted by Crippen LogP contribution is 2.42. The Morgan fingerprint density at radius 1 is 1.12 bits per heavy atom. The molecule has 0 spiro atoms. The van der Waals surface area contributed by atoms with E-state index in [2.05, 4.69) is 15.2 Å². The third-order valence-electron chi connectivity index (χ3n) is 5.07. The molecule has 3 N–H and O–H groups in total. The number of aliphatic imine (C=N–C) groups is 1. The van der Waals surface area contributed by atoms with E-state index in [4.69, 9.17) is 19.9 Å². The highest BCUT2D eigenvalue weighted by molar-refractivity contribution is 5.92. The van der Waals surface area contributed by atoms with Gasteiger partial charge in [-0.1, -0.05) is 0 Å². The van der Waals surface area contributed by atoms with Gasteiger partial charge < -0.3 is 25.3 Å². The number of fused-ring (bicyclic) bond motifs is 1. The molecule has 25 heavy (non-hydrogen) atoms. The number of rotatable bonds is 4. The number of nitrogens with zero attached hydrogens (tertiary/aromatic N) is 2. The lowest BCUT2D eigenvalue weighted by Gasteiger charge is -2.34. The molecule has 1 aliphatic carbocycles. The maximum absolute atomic E-state index is 6.10. The second-order valence-corrected chi connectivity index (χ2v) is 6.86. The second-order valence-electron chi connectivity index (χ2n) is 6.86. The summed E-state index contributed by atoms with van der Waals surface area (Å²) in [5, 5.41) is 3.16. The van der Waals surface area contributed by atoms with Crippen LogP contribution in [0.1, 0.15) is 19.3 Å². The SMILES string of the molecule is NC(=NCC1(N2CCOCC2)CC1)Nc1ccc2c(c1)OCCCO2. The van der Waals surface area contributed by atoms with Crippen LogP contribution in [0.3, 0.4) is 0 Å². The Morgan fingerprint density at radius 2 is 1.88 bits per heavy atom. The second kappa shape index (κ2) is 7.09. The van der Waals surface area contributed by atoms with Gasteiger partial charge in [-0.15, -0.1) is 0 Å². The van der Waals surface area contributed by atoms with Crippen LogP contribution in [0.5, 0.6) is 11.5 Å². The van der Waals surface area contributed by atoms with E-state index in [1.165, 1.54) is 12.8 Å².